The predicted molar refractivity (Wildman–Crippen MR) is 67.2 cm³/mol. The van der Waals surface area contributed by atoms with Crippen molar-refractivity contribution in [2.75, 3.05) is 0 Å². The molecule has 0 aromatic rings. The normalized spacial score (nSPS) is 20.1. The summed E-state index contributed by atoms with van der Waals surface area (Å²) in [6.45, 7) is 8.90. The summed E-state index contributed by atoms with van der Waals surface area (Å²) in [5.74, 6) is 0. The van der Waals surface area contributed by atoms with Gasteiger partial charge in [-0.05, 0) is 18.6 Å². The fourth-order valence-corrected chi connectivity index (χ4v) is 1.44. The molecular weight excluding hydrogens is 219 g/mol. The number of urea groups is 1. The van der Waals surface area contributed by atoms with E-state index in [9.17, 15) is 9.18 Å². The average Bonchev–Trinajstić information content (AvgIpc) is 2.29. The molecule has 0 fully saturated rings. The maximum Gasteiger partial charge on any atom is 0.319 e. The van der Waals surface area contributed by atoms with Gasteiger partial charge in [0.2, 0.25) is 0 Å². The van der Waals surface area contributed by atoms with Crippen molar-refractivity contribution in [3.63, 3.8) is 0 Å². The molecular formula is C13H17FN2O. The van der Waals surface area contributed by atoms with Gasteiger partial charge in [0.15, 0.2) is 0 Å². The SMILES string of the molecule is C=CC(=C)NC(=O)NC(C)C1=CCC(F)C=C1. The first-order valence-corrected chi connectivity index (χ1v) is 5.44. The minimum absolute atomic E-state index is 0.170. The predicted octanol–water partition coefficient (Wildman–Crippen LogP) is 2.60. The molecule has 2 atom stereocenters. The molecule has 2 unspecified atom stereocenters. The molecule has 4 heteroatoms. The van der Waals surface area contributed by atoms with Crippen molar-refractivity contribution in [1.29, 1.82) is 0 Å². The largest absolute Gasteiger partial charge is 0.331 e. The Morgan fingerprint density at radius 3 is 2.94 bits per heavy atom. The van der Waals surface area contributed by atoms with Crippen molar-refractivity contribution in [1.82, 2.24) is 10.6 Å². The Morgan fingerprint density at radius 2 is 2.41 bits per heavy atom. The van der Waals surface area contributed by atoms with Gasteiger partial charge in [0.05, 0.1) is 6.04 Å². The minimum Gasteiger partial charge on any atom is -0.331 e. The lowest BCUT2D eigenvalue weighted by Crippen LogP contribution is -2.40. The van der Waals surface area contributed by atoms with Gasteiger partial charge in [-0.3, -0.25) is 0 Å². The molecule has 92 valence electrons. The zero-order valence-corrected chi connectivity index (χ0v) is 9.87. The molecule has 0 radical (unpaired) electrons. The van der Waals surface area contributed by atoms with Crippen LogP contribution < -0.4 is 10.6 Å². The summed E-state index contributed by atoms with van der Waals surface area (Å²) in [5.41, 5.74) is 1.34. The summed E-state index contributed by atoms with van der Waals surface area (Å²) in [5, 5.41) is 5.25. The number of carbonyl (C=O) groups excluding carboxylic acids is 1. The molecule has 0 bridgehead atoms. The second kappa shape index (κ2) is 6.03. The molecule has 17 heavy (non-hydrogen) atoms. The molecule has 0 heterocycles. The topological polar surface area (TPSA) is 41.1 Å². The van der Waals surface area contributed by atoms with E-state index >= 15 is 0 Å². The van der Waals surface area contributed by atoms with E-state index in [1.54, 1.807) is 12.2 Å². The number of hydrogen-bond acceptors (Lipinski definition) is 1. The second-order valence-electron chi connectivity index (χ2n) is 3.86. The standard InChI is InChI=1S/C13H17FN2O/c1-4-9(2)15-13(17)16-10(3)11-5-7-12(14)8-6-11/h4-7,10,12H,1-2,8H2,3H3,(H2,15,16,17). The van der Waals surface area contributed by atoms with E-state index < -0.39 is 6.17 Å². The Kier molecular flexibility index (Phi) is 4.69. The number of halogens is 1. The third-order valence-corrected chi connectivity index (χ3v) is 2.44. The Balaban J connectivity index is 2.47. The average molecular weight is 236 g/mol. The Hall–Kier alpha value is -1.84. The minimum atomic E-state index is -0.916. The molecule has 0 aromatic carbocycles. The highest BCUT2D eigenvalue weighted by atomic mass is 19.1. The number of amides is 2. The van der Waals surface area contributed by atoms with Crippen LogP contribution in [0.1, 0.15) is 13.3 Å². The van der Waals surface area contributed by atoms with Gasteiger partial charge in [0.25, 0.3) is 0 Å². The molecule has 1 rings (SSSR count). The van der Waals surface area contributed by atoms with Crippen LogP contribution in [0.2, 0.25) is 0 Å². The van der Waals surface area contributed by atoms with E-state index in [4.69, 9.17) is 0 Å². The smallest absolute Gasteiger partial charge is 0.319 e. The van der Waals surface area contributed by atoms with Gasteiger partial charge in [0.1, 0.15) is 6.17 Å². The van der Waals surface area contributed by atoms with Crippen molar-refractivity contribution in [2.45, 2.75) is 25.6 Å². The number of hydrogen-bond donors (Lipinski definition) is 2. The summed E-state index contributed by atoms with van der Waals surface area (Å²) in [6.07, 6.45) is 5.88. The summed E-state index contributed by atoms with van der Waals surface area (Å²) in [7, 11) is 0. The highest BCUT2D eigenvalue weighted by Crippen LogP contribution is 2.15. The molecule has 1 aliphatic rings. The van der Waals surface area contributed by atoms with Crippen LogP contribution in [0.5, 0.6) is 0 Å². The number of nitrogens with one attached hydrogen (secondary N) is 2. The van der Waals surface area contributed by atoms with Gasteiger partial charge in [-0.1, -0.05) is 31.4 Å². The first kappa shape index (κ1) is 13.2. The fourth-order valence-electron chi connectivity index (χ4n) is 1.44. The molecule has 0 saturated carbocycles. The molecule has 2 amide bonds. The molecule has 0 aliphatic heterocycles. The monoisotopic (exact) mass is 236 g/mol. The lowest BCUT2D eigenvalue weighted by atomic mass is 10.0. The third kappa shape index (κ3) is 4.26. The molecule has 2 N–H and O–H groups in total. The van der Waals surface area contributed by atoms with Crippen molar-refractivity contribution >= 4 is 6.03 Å². The molecule has 0 saturated heterocycles. The van der Waals surface area contributed by atoms with Gasteiger partial charge >= 0.3 is 6.03 Å². The quantitative estimate of drug-likeness (QED) is 0.724. The van der Waals surface area contributed by atoms with Crippen LogP contribution in [0.25, 0.3) is 0 Å². The Bertz CT molecular complexity index is 385. The lowest BCUT2D eigenvalue weighted by Gasteiger charge is -2.18. The molecule has 0 spiro atoms. The zero-order chi connectivity index (χ0) is 12.8. The van der Waals surface area contributed by atoms with Gasteiger partial charge in [-0.25, -0.2) is 9.18 Å². The van der Waals surface area contributed by atoms with E-state index in [2.05, 4.69) is 23.8 Å². The van der Waals surface area contributed by atoms with E-state index in [1.807, 2.05) is 6.92 Å². The Morgan fingerprint density at radius 1 is 1.71 bits per heavy atom. The zero-order valence-electron chi connectivity index (χ0n) is 9.87. The van der Waals surface area contributed by atoms with Crippen LogP contribution in [-0.2, 0) is 0 Å². The van der Waals surface area contributed by atoms with Crippen LogP contribution in [0.15, 0.2) is 48.7 Å². The highest BCUT2D eigenvalue weighted by Gasteiger charge is 2.13. The first-order valence-electron chi connectivity index (χ1n) is 5.44. The van der Waals surface area contributed by atoms with E-state index in [-0.39, 0.29) is 12.1 Å². The van der Waals surface area contributed by atoms with Crippen LogP contribution in [-0.4, -0.2) is 18.2 Å². The van der Waals surface area contributed by atoms with Crippen molar-refractivity contribution < 1.29 is 9.18 Å². The van der Waals surface area contributed by atoms with E-state index in [1.165, 1.54) is 12.2 Å². The fraction of sp³-hybridized carbons (Fsp3) is 0.308. The van der Waals surface area contributed by atoms with Crippen molar-refractivity contribution in [2.24, 2.45) is 0 Å². The van der Waals surface area contributed by atoms with Crippen LogP contribution in [0.3, 0.4) is 0 Å². The van der Waals surface area contributed by atoms with Crippen molar-refractivity contribution in [3.8, 4) is 0 Å². The second-order valence-corrected chi connectivity index (χ2v) is 3.86. The Labute approximate surface area is 101 Å². The molecule has 1 aliphatic carbocycles. The number of allylic oxidation sites excluding steroid dienone is 3. The third-order valence-electron chi connectivity index (χ3n) is 2.44. The van der Waals surface area contributed by atoms with Crippen LogP contribution >= 0.6 is 0 Å². The first-order chi connectivity index (χ1) is 8.02. The van der Waals surface area contributed by atoms with Crippen LogP contribution in [0.4, 0.5) is 9.18 Å². The number of rotatable bonds is 4. The van der Waals surface area contributed by atoms with Gasteiger partial charge in [-0.2, -0.15) is 0 Å². The number of alkyl halides is 1. The van der Waals surface area contributed by atoms with Crippen LogP contribution in [0, 0.1) is 0 Å². The van der Waals surface area contributed by atoms with Crippen molar-refractivity contribution in [3.05, 3.63) is 48.7 Å². The molecule has 3 nitrogen and oxygen atoms in total. The summed E-state index contributed by atoms with van der Waals surface area (Å²) in [4.78, 5) is 11.5. The molecule has 0 aromatic heterocycles. The highest BCUT2D eigenvalue weighted by molar-refractivity contribution is 5.77. The summed E-state index contributed by atoms with van der Waals surface area (Å²) >= 11 is 0. The lowest BCUT2D eigenvalue weighted by molar-refractivity contribution is 0.242. The van der Waals surface area contributed by atoms with Gasteiger partial charge < -0.3 is 10.6 Å². The summed E-state index contributed by atoms with van der Waals surface area (Å²) < 4.78 is 12.8. The maximum atomic E-state index is 12.8. The van der Waals surface area contributed by atoms with Gasteiger partial charge in [0, 0.05) is 12.1 Å². The van der Waals surface area contributed by atoms with E-state index in [0.717, 1.165) is 5.57 Å². The van der Waals surface area contributed by atoms with Gasteiger partial charge in [-0.15, -0.1) is 0 Å². The summed E-state index contributed by atoms with van der Waals surface area (Å²) in [6, 6.07) is -0.518. The maximum absolute atomic E-state index is 12.8. The van der Waals surface area contributed by atoms with E-state index in [0.29, 0.717) is 12.1 Å². The number of carbonyl (C=O) groups is 1.